The van der Waals surface area contributed by atoms with Gasteiger partial charge in [0.2, 0.25) is 5.65 Å². The summed E-state index contributed by atoms with van der Waals surface area (Å²) in [6.07, 6.45) is 11.8. The summed E-state index contributed by atoms with van der Waals surface area (Å²) in [7, 11) is 0. The fraction of sp³-hybridized carbons (Fsp3) is 0.471. The van der Waals surface area contributed by atoms with E-state index in [0.29, 0.717) is 0 Å². The fourth-order valence-corrected chi connectivity index (χ4v) is 3.87. The minimum Gasteiger partial charge on any atom is -0.353 e. The molecule has 4 heterocycles. The van der Waals surface area contributed by atoms with Crippen LogP contribution in [0.4, 0.5) is 11.6 Å². The van der Waals surface area contributed by atoms with Crippen LogP contribution in [0.5, 0.6) is 0 Å². The standard InChI is InChI=1S/C17H20N8/c1-2-4-14-13(3-1)15(20-11-19-14)23-7-9-24(10-8-23)16-17-22-21-12-25(17)6-5-18-16/h5-6,11-12H,1-4,7-10H2. The van der Waals surface area contributed by atoms with Gasteiger partial charge in [-0.05, 0) is 25.7 Å². The molecule has 1 saturated heterocycles. The SMILES string of the molecule is c1nc2c(c(N3CCN(c4nccn5cnnc45)CC3)n1)CCCC2. The van der Waals surface area contributed by atoms with Crippen molar-refractivity contribution in [2.24, 2.45) is 0 Å². The maximum atomic E-state index is 4.61. The summed E-state index contributed by atoms with van der Waals surface area (Å²) in [6.45, 7) is 3.66. The van der Waals surface area contributed by atoms with E-state index < -0.39 is 0 Å². The number of nitrogens with zero attached hydrogens (tertiary/aromatic N) is 8. The molecule has 0 spiro atoms. The molecule has 2 aliphatic rings. The lowest BCUT2D eigenvalue weighted by Gasteiger charge is -2.37. The van der Waals surface area contributed by atoms with Gasteiger partial charge < -0.3 is 9.80 Å². The van der Waals surface area contributed by atoms with Crippen molar-refractivity contribution in [2.45, 2.75) is 25.7 Å². The second kappa shape index (κ2) is 5.94. The molecule has 0 bridgehead atoms. The normalized spacial score (nSPS) is 17.8. The Kier molecular flexibility index (Phi) is 3.46. The maximum absolute atomic E-state index is 4.61. The summed E-state index contributed by atoms with van der Waals surface area (Å²) in [4.78, 5) is 18.3. The van der Waals surface area contributed by atoms with Gasteiger partial charge in [-0.2, -0.15) is 0 Å². The molecule has 5 rings (SSSR count). The van der Waals surface area contributed by atoms with Crippen molar-refractivity contribution < 1.29 is 0 Å². The maximum Gasteiger partial charge on any atom is 0.203 e. The number of anilines is 2. The number of fused-ring (bicyclic) bond motifs is 2. The minimum atomic E-state index is 0.815. The van der Waals surface area contributed by atoms with E-state index in [0.717, 1.165) is 56.3 Å². The Bertz CT molecular complexity index is 897. The third-order valence-electron chi connectivity index (χ3n) is 5.18. The van der Waals surface area contributed by atoms with Crippen molar-refractivity contribution in [1.82, 2.24) is 29.5 Å². The molecular weight excluding hydrogens is 316 g/mol. The number of aromatic nitrogens is 6. The van der Waals surface area contributed by atoms with Crippen LogP contribution in [0.15, 0.2) is 25.0 Å². The van der Waals surface area contributed by atoms with E-state index >= 15 is 0 Å². The third kappa shape index (κ3) is 2.48. The molecule has 128 valence electrons. The molecule has 0 saturated carbocycles. The Labute approximate surface area is 145 Å². The number of aryl methyl sites for hydroxylation is 1. The lowest BCUT2D eigenvalue weighted by molar-refractivity contribution is 0.620. The molecule has 0 aromatic carbocycles. The number of hydrogen-bond donors (Lipinski definition) is 0. The Morgan fingerprint density at radius 3 is 2.52 bits per heavy atom. The first kappa shape index (κ1) is 14.6. The van der Waals surface area contributed by atoms with E-state index in [2.05, 4.69) is 34.9 Å². The van der Waals surface area contributed by atoms with E-state index in [9.17, 15) is 0 Å². The molecule has 8 heteroatoms. The van der Waals surface area contributed by atoms with Gasteiger partial charge in [-0.15, -0.1) is 10.2 Å². The zero-order chi connectivity index (χ0) is 16.6. The third-order valence-corrected chi connectivity index (χ3v) is 5.18. The zero-order valence-corrected chi connectivity index (χ0v) is 14.0. The van der Waals surface area contributed by atoms with Gasteiger partial charge in [0.25, 0.3) is 0 Å². The topological polar surface area (TPSA) is 75.3 Å². The number of hydrogen-bond acceptors (Lipinski definition) is 7. The van der Waals surface area contributed by atoms with Crippen LogP contribution in [-0.4, -0.2) is 55.7 Å². The van der Waals surface area contributed by atoms with E-state index in [1.807, 2.05) is 10.6 Å². The molecule has 25 heavy (non-hydrogen) atoms. The molecule has 0 radical (unpaired) electrons. The first-order valence-electron chi connectivity index (χ1n) is 8.87. The van der Waals surface area contributed by atoms with E-state index in [-0.39, 0.29) is 0 Å². The summed E-state index contributed by atoms with van der Waals surface area (Å²) in [6, 6.07) is 0. The van der Waals surface area contributed by atoms with Crippen molar-refractivity contribution in [3.05, 3.63) is 36.3 Å². The highest BCUT2D eigenvalue weighted by Gasteiger charge is 2.25. The Morgan fingerprint density at radius 2 is 1.64 bits per heavy atom. The molecule has 8 nitrogen and oxygen atoms in total. The van der Waals surface area contributed by atoms with Gasteiger partial charge in [-0.3, -0.25) is 4.40 Å². The van der Waals surface area contributed by atoms with Gasteiger partial charge in [0, 0.05) is 49.8 Å². The average molecular weight is 336 g/mol. The largest absolute Gasteiger partial charge is 0.353 e. The Balaban J connectivity index is 1.38. The predicted octanol–water partition coefficient (Wildman–Crippen LogP) is 1.12. The van der Waals surface area contributed by atoms with Gasteiger partial charge in [0.1, 0.15) is 18.5 Å². The molecule has 1 aliphatic carbocycles. The second-order valence-electron chi connectivity index (χ2n) is 6.62. The first-order valence-corrected chi connectivity index (χ1v) is 8.87. The second-order valence-corrected chi connectivity index (χ2v) is 6.62. The fourth-order valence-electron chi connectivity index (χ4n) is 3.87. The first-order chi connectivity index (χ1) is 12.4. The van der Waals surface area contributed by atoms with Gasteiger partial charge in [0.15, 0.2) is 5.82 Å². The summed E-state index contributed by atoms with van der Waals surface area (Å²) in [5.41, 5.74) is 3.42. The molecule has 1 fully saturated rings. The summed E-state index contributed by atoms with van der Waals surface area (Å²) in [5, 5.41) is 8.19. The van der Waals surface area contributed by atoms with E-state index in [4.69, 9.17) is 0 Å². The molecule has 1 aliphatic heterocycles. The van der Waals surface area contributed by atoms with Crippen molar-refractivity contribution in [3.63, 3.8) is 0 Å². The van der Waals surface area contributed by atoms with Gasteiger partial charge in [0.05, 0.1) is 0 Å². The molecule has 0 atom stereocenters. The van der Waals surface area contributed by atoms with Crippen molar-refractivity contribution in [3.8, 4) is 0 Å². The van der Waals surface area contributed by atoms with Gasteiger partial charge in [-0.25, -0.2) is 15.0 Å². The molecule has 0 amide bonds. The average Bonchev–Trinajstić information content (AvgIpc) is 3.17. The molecule has 3 aromatic rings. The quantitative estimate of drug-likeness (QED) is 0.694. The van der Waals surface area contributed by atoms with Gasteiger partial charge >= 0.3 is 0 Å². The Morgan fingerprint density at radius 1 is 0.840 bits per heavy atom. The monoisotopic (exact) mass is 336 g/mol. The molecule has 0 unspecified atom stereocenters. The van der Waals surface area contributed by atoms with Crippen LogP contribution in [-0.2, 0) is 12.8 Å². The zero-order valence-electron chi connectivity index (χ0n) is 14.0. The molecular formula is C17H20N8. The number of rotatable bonds is 2. The van der Waals surface area contributed by atoms with E-state index in [1.54, 1.807) is 18.9 Å². The van der Waals surface area contributed by atoms with Crippen LogP contribution in [0, 0.1) is 0 Å². The molecule has 0 N–H and O–H groups in total. The highest BCUT2D eigenvalue weighted by Crippen LogP contribution is 2.28. The highest BCUT2D eigenvalue weighted by atomic mass is 15.3. The van der Waals surface area contributed by atoms with Crippen LogP contribution in [0.3, 0.4) is 0 Å². The predicted molar refractivity (Wildman–Crippen MR) is 93.9 cm³/mol. The molecule has 3 aromatic heterocycles. The van der Waals surface area contributed by atoms with Crippen molar-refractivity contribution >= 4 is 17.3 Å². The lowest BCUT2D eigenvalue weighted by atomic mass is 9.96. The number of piperazine rings is 1. The summed E-state index contributed by atoms with van der Waals surface area (Å²) >= 11 is 0. The van der Waals surface area contributed by atoms with Crippen LogP contribution in [0.25, 0.3) is 5.65 Å². The van der Waals surface area contributed by atoms with Crippen molar-refractivity contribution in [2.75, 3.05) is 36.0 Å². The smallest absolute Gasteiger partial charge is 0.203 e. The van der Waals surface area contributed by atoms with Crippen LogP contribution < -0.4 is 9.80 Å². The summed E-state index contributed by atoms with van der Waals surface area (Å²) < 4.78 is 1.91. The summed E-state index contributed by atoms with van der Waals surface area (Å²) in [5.74, 6) is 2.04. The van der Waals surface area contributed by atoms with E-state index in [1.165, 1.54) is 24.1 Å². The highest BCUT2D eigenvalue weighted by molar-refractivity contribution is 5.64. The van der Waals surface area contributed by atoms with Gasteiger partial charge in [-0.1, -0.05) is 0 Å². The lowest BCUT2D eigenvalue weighted by Crippen LogP contribution is -2.47. The van der Waals surface area contributed by atoms with Crippen LogP contribution in [0.2, 0.25) is 0 Å². The Hall–Kier alpha value is -2.77. The van der Waals surface area contributed by atoms with Crippen LogP contribution >= 0.6 is 0 Å². The van der Waals surface area contributed by atoms with Crippen molar-refractivity contribution in [1.29, 1.82) is 0 Å². The van der Waals surface area contributed by atoms with Crippen LogP contribution in [0.1, 0.15) is 24.1 Å². The minimum absolute atomic E-state index is 0.815.